The van der Waals surface area contributed by atoms with Crippen LogP contribution in [-0.2, 0) is 17.8 Å². The Morgan fingerprint density at radius 2 is 2.15 bits per heavy atom. The van der Waals surface area contributed by atoms with Crippen LogP contribution in [0.15, 0.2) is 52.8 Å². The summed E-state index contributed by atoms with van der Waals surface area (Å²) in [6.45, 7) is 7.49. The molecule has 26 heavy (non-hydrogen) atoms. The third kappa shape index (κ3) is 5.85. The van der Waals surface area contributed by atoms with Gasteiger partial charge in [0.1, 0.15) is 0 Å². The molecule has 1 fully saturated rings. The summed E-state index contributed by atoms with van der Waals surface area (Å²) in [4.78, 5) is 8.61. The number of likely N-dealkylation sites (tertiary alicyclic amines) is 1. The van der Waals surface area contributed by atoms with E-state index in [-0.39, 0.29) is 0 Å². The summed E-state index contributed by atoms with van der Waals surface area (Å²) in [5, 5.41) is 5.58. The van der Waals surface area contributed by atoms with Crippen LogP contribution in [0, 0.1) is 5.92 Å². The van der Waals surface area contributed by atoms with Crippen molar-refractivity contribution in [1.82, 2.24) is 10.2 Å². The first-order valence-electron chi connectivity index (χ1n) is 9.52. The molecule has 2 aromatic rings. The summed E-state index contributed by atoms with van der Waals surface area (Å²) in [6, 6.07) is 14.7. The van der Waals surface area contributed by atoms with Crippen molar-refractivity contribution >= 4 is 17.3 Å². The van der Waals surface area contributed by atoms with Crippen LogP contribution >= 0.6 is 11.3 Å². The van der Waals surface area contributed by atoms with Crippen molar-refractivity contribution < 1.29 is 4.74 Å². The summed E-state index contributed by atoms with van der Waals surface area (Å²) in [5.74, 6) is 1.63. The number of nitrogens with one attached hydrogen (secondary N) is 1. The molecule has 140 valence electrons. The maximum Gasteiger partial charge on any atom is 0.193 e. The minimum Gasteiger partial charge on any atom is -0.376 e. The van der Waals surface area contributed by atoms with Crippen molar-refractivity contribution in [1.29, 1.82) is 0 Å². The molecule has 0 radical (unpaired) electrons. The van der Waals surface area contributed by atoms with Crippen LogP contribution in [-0.4, -0.2) is 43.6 Å². The van der Waals surface area contributed by atoms with Gasteiger partial charge in [-0.25, -0.2) is 0 Å². The zero-order chi connectivity index (χ0) is 18.0. The molecule has 0 amide bonds. The predicted octanol–water partition coefficient (Wildman–Crippen LogP) is 3.79. The molecule has 1 atom stereocenters. The topological polar surface area (TPSA) is 36.9 Å². The monoisotopic (exact) mass is 371 g/mol. The lowest BCUT2D eigenvalue weighted by Crippen LogP contribution is -2.40. The standard InChI is InChI=1S/C21H29N3OS/c1-2-22-21(23-12-10-20-9-6-14-26-20)24-13-11-19(15-24)17-25-16-18-7-4-3-5-8-18/h3-9,14,19H,2,10-13,15-17H2,1H3,(H,22,23). The van der Waals surface area contributed by atoms with E-state index in [9.17, 15) is 0 Å². The van der Waals surface area contributed by atoms with Crippen molar-refractivity contribution in [3.63, 3.8) is 0 Å². The number of hydrogen-bond acceptors (Lipinski definition) is 3. The number of guanidine groups is 1. The maximum absolute atomic E-state index is 5.94. The van der Waals surface area contributed by atoms with Crippen molar-refractivity contribution in [2.45, 2.75) is 26.4 Å². The fraction of sp³-hybridized carbons (Fsp3) is 0.476. The molecule has 0 bridgehead atoms. The van der Waals surface area contributed by atoms with E-state index in [0.29, 0.717) is 12.5 Å². The van der Waals surface area contributed by atoms with Gasteiger partial charge in [-0.3, -0.25) is 4.99 Å². The van der Waals surface area contributed by atoms with E-state index in [1.54, 1.807) is 0 Å². The lowest BCUT2D eigenvalue weighted by Gasteiger charge is -2.21. The van der Waals surface area contributed by atoms with Gasteiger partial charge in [0, 0.05) is 43.4 Å². The Bertz CT molecular complexity index is 657. The van der Waals surface area contributed by atoms with Gasteiger partial charge in [0.25, 0.3) is 0 Å². The van der Waals surface area contributed by atoms with Gasteiger partial charge in [0.05, 0.1) is 13.2 Å². The van der Waals surface area contributed by atoms with Crippen LogP contribution in [0.5, 0.6) is 0 Å². The third-order valence-corrected chi connectivity index (χ3v) is 5.52. The zero-order valence-corrected chi connectivity index (χ0v) is 16.4. The fourth-order valence-electron chi connectivity index (χ4n) is 3.23. The number of aliphatic imine (C=N–C) groups is 1. The van der Waals surface area contributed by atoms with Gasteiger partial charge in [-0.15, -0.1) is 11.3 Å². The normalized spacial score (nSPS) is 17.7. The van der Waals surface area contributed by atoms with Gasteiger partial charge in [-0.1, -0.05) is 36.4 Å². The van der Waals surface area contributed by atoms with E-state index in [4.69, 9.17) is 9.73 Å². The second kappa shape index (κ2) is 10.3. The minimum absolute atomic E-state index is 0.583. The summed E-state index contributed by atoms with van der Waals surface area (Å²) >= 11 is 1.81. The highest BCUT2D eigenvalue weighted by Gasteiger charge is 2.24. The van der Waals surface area contributed by atoms with Gasteiger partial charge in [0.15, 0.2) is 5.96 Å². The Morgan fingerprint density at radius 1 is 1.27 bits per heavy atom. The van der Waals surface area contributed by atoms with E-state index in [1.165, 1.54) is 16.9 Å². The van der Waals surface area contributed by atoms with Gasteiger partial charge < -0.3 is 15.0 Å². The van der Waals surface area contributed by atoms with Crippen LogP contribution in [0.4, 0.5) is 0 Å². The van der Waals surface area contributed by atoms with Gasteiger partial charge in [-0.05, 0) is 30.4 Å². The quantitative estimate of drug-likeness (QED) is 0.566. The fourth-order valence-corrected chi connectivity index (χ4v) is 3.93. The Labute approximate surface area is 160 Å². The predicted molar refractivity (Wildman–Crippen MR) is 110 cm³/mol. The molecule has 2 heterocycles. The van der Waals surface area contributed by atoms with Crippen LogP contribution < -0.4 is 5.32 Å². The SMILES string of the molecule is CCNC(=NCCc1cccs1)N1CCC(COCc2ccccc2)C1. The van der Waals surface area contributed by atoms with Crippen molar-refractivity contribution in [3.8, 4) is 0 Å². The molecule has 0 spiro atoms. The highest BCUT2D eigenvalue weighted by Crippen LogP contribution is 2.17. The molecule has 1 aromatic carbocycles. The molecule has 5 heteroatoms. The molecule has 1 aromatic heterocycles. The van der Waals surface area contributed by atoms with Crippen molar-refractivity contribution in [2.24, 2.45) is 10.9 Å². The summed E-state index contributed by atoms with van der Waals surface area (Å²) in [7, 11) is 0. The number of hydrogen-bond donors (Lipinski definition) is 1. The first-order chi connectivity index (χ1) is 12.8. The van der Waals surface area contributed by atoms with Gasteiger partial charge in [-0.2, -0.15) is 0 Å². The highest BCUT2D eigenvalue weighted by molar-refractivity contribution is 7.09. The first-order valence-corrected chi connectivity index (χ1v) is 10.4. The maximum atomic E-state index is 5.94. The van der Waals surface area contributed by atoms with Gasteiger partial charge >= 0.3 is 0 Å². The molecule has 1 N–H and O–H groups in total. The average Bonchev–Trinajstić information content (AvgIpc) is 3.34. The van der Waals surface area contributed by atoms with Crippen LogP contribution in [0.1, 0.15) is 23.8 Å². The third-order valence-electron chi connectivity index (χ3n) is 4.59. The lowest BCUT2D eigenvalue weighted by molar-refractivity contribution is 0.0907. The summed E-state index contributed by atoms with van der Waals surface area (Å²) in [5.41, 5.74) is 1.24. The summed E-state index contributed by atoms with van der Waals surface area (Å²) in [6.07, 6.45) is 2.19. The van der Waals surface area contributed by atoms with E-state index >= 15 is 0 Å². The molecular weight excluding hydrogens is 342 g/mol. The number of nitrogens with zero attached hydrogens (tertiary/aromatic N) is 2. The van der Waals surface area contributed by atoms with E-state index in [0.717, 1.165) is 45.2 Å². The number of thiophene rings is 1. The van der Waals surface area contributed by atoms with Crippen LogP contribution in [0.3, 0.4) is 0 Å². The van der Waals surface area contributed by atoms with E-state index < -0.39 is 0 Å². The molecule has 4 nitrogen and oxygen atoms in total. The van der Waals surface area contributed by atoms with Crippen LogP contribution in [0.2, 0.25) is 0 Å². The second-order valence-corrected chi connectivity index (χ2v) is 7.70. The molecular formula is C21H29N3OS. The lowest BCUT2D eigenvalue weighted by atomic mass is 10.1. The molecule has 1 aliphatic heterocycles. The highest BCUT2D eigenvalue weighted by atomic mass is 32.1. The second-order valence-electron chi connectivity index (χ2n) is 6.67. The zero-order valence-electron chi connectivity index (χ0n) is 15.6. The molecule has 1 saturated heterocycles. The summed E-state index contributed by atoms with van der Waals surface area (Å²) < 4.78 is 5.94. The molecule has 1 unspecified atom stereocenters. The van der Waals surface area contributed by atoms with E-state index in [1.807, 2.05) is 17.4 Å². The smallest absolute Gasteiger partial charge is 0.193 e. The Morgan fingerprint density at radius 3 is 2.92 bits per heavy atom. The number of benzene rings is 1. The Kier molecular flexibility index (Phi) is 7.52. The molecule has 1 aliphatic rings. The Hall–Kier alpha value is -1.85. The first kappa shape index (κ1) is 18.9. The molecule has 0 aliphatic carbocycles. The minimum atomic E-state index is 0.583. The van der Waals surface area contributed by atoms with Crippen molar-refractivity contribution in [3.05, 3.63) is 58.3 Å². The van der Waals surface area contributed by atoms with Crippen LogP contribution in [0.25, 0.3) is 0 Å². The molecule has 0 saturated carbocycles. The number of rotatable bonds is 8. The van der Waals surface area contributed by atoms with Crippen molar-refractivity contribution in [2.75, 3.05) is 32.8 Å². The van der Waals surface area contributed by atoms with E-state index in [2.05, 4.69) is 58.9 Å². The average molecular weight is 372 g/mol. The Balaban J connectivity index is 1.43. The molecule has 3 rings (SSSR count). The number of ether oxygens (including phenoxy) is 1. The largest absolute Gasteiger partial charge is 0.376 e. The van der Waals surface area contributed by atoms with Gasteiger partial charge in [0.2, 0.25) is 0 Å².